The minimum Gasteiger partial charge on any atom is -0.388 e. The van der Waals surface area contributed by atoms with Crippen molar-refractivity contribution in [2.45, 2.75) is 92.7 Å². The van der Waals surface area contributed by atoms with Gasteiger partial charge < -0.3 is 5.32 Å². The van der Waals surface area contributed by atoms with Crippen LogP contribution in [0.5, 0.6) is 0 Å². The lowest BCUT2D eigenvalue weighted by molar-refractivity contribution is 0.504. The monoisotopic (exact) mass is 503 g/mol. The molecule has 0 aromatic heterocycles. The van der Waals surface area contributed by atoms with Crippen LogP contribution >= 0.6 is 9.24 Å². The van der Waals surface area contributed by atoms with Crippen molar-refractivity contribution in [3.63, 3.8) is 0 Å². The average molecular weight is 504 g/mol. The summed E-state index contributed by atoms with van der Waals surface area (Å²) < 4.78 is 0. The fourth-order valence-electron chi connectivity index (χ4n) is 5.43. The Bertz CT molecular complexity index is 1070. The fourth-order valence-corrected chi connectivity index (χ4v) is 5.91. The van der Waals surface area contributed by atoms with E-state index in [9.17, 15) is 0 Å². The molecule has 0 saturated heterocycles. The van der Waals surface area contributed by atoms with E-state index < -0.39 is 0 Å². The highest BCUT2D eigenvalue weighted by Crippen LogP contribution is 2.41. The molecule has 1 N–H and O–H groups in total. The van der Waals surface area contributed by atoms with Crippen LogP contribution in [-0.2, 0) is 6.42 Å². The molecule has 1 nitrogen and oxygen atoms in total. The van der Waals surface area contributed by atoms with E-state index >= 15 is 0 Å². The van der Waals surface area contributed by atoms with Crippen LogP contribution in [-0.4, -0.2) is 7.05 Å². The van der Waals surface area contributed by atoms with E-state index in [1.165, 1.54) is 77.5 Å². The number of fused-ring (bicyclic) bond motifs is 1. The molecule has 0 aliphatic heterocycles. The van der Waals surface area contributed by atoms with Gasteiger partial charge in [-0.15, -0.1) is 9.24 Å². The number of rotatable bonds is 12. The summed E-state index contributed by atoms with van der Waals surface area (Å²) >= 11 is 0. The molecule has 1 aliphatic carbocycles. The van der Waals surface area contributed by atoms with Gasteiger partial charge in [0.25, 0.3) is 0 Å². The Morgan fingerprint density at radius 2 is 1.78 bits per heavy atom. The molecule has 1 aromatic carbocycles. The second kappa shape index (κ2) is 14.6. The van der Waals surface area contributed by atoms with Crippen molar-refractivity contribution in [3.05, 3.63) is 99.3 Å². The van der Waals surface area contributed by atoms with Crippen LogP contribution in [0.25, 0.3) is 5.57 Å². The molecule has 0 radical (unpaired) electrons. The Morgan fingerprint density at radius 1 is 1.11 bits per heavy atom. The van der Waals surface area contributed by atoms with E-state index in [1.807, 2.05) is 7.05 Å². The highest BCUT2D eigenvalue weighted by atomic mass is 31.0. The van der Waals surface area contributed by atoms with Gasteiger partial charge in [0.1, 0.15) is 0 Å². The fraction of sp³-hybridized carbons (Fsp3) is 0.471. The van der Waals surface area contributed by atoms with E-state index in [0.29, 0.717) is 11.6 Å². The Kier molecular flexibility index (Phi) is 12.2. The molecule has 0 amide bonds. The van der Waals surface area contributed by atoms with Crippen molar-refractivity contribution >= 4 is 14.8 Å². The normalized spacial score (nSPS) is 17.9. The van der Waals surface area contributed by atoms with Gasteiger partial charge in [0.15, 0.2) is 0 Å². The summed E-state index contributed by atoms with van der Waals surface area (Å²) in [5.41, 5.74) is 13.7. The van der Waals surface area contributed by atoms with E-state index in [0.717, 1.165) is 16.8 Å². The highest BCUT2D eigenvalue weighted by molar-refractivity contribution is 7.17. The average Bonchev–Trinajstić information content (AvgIpc) is 3.26. The van der Waals surface area contributed by atoms with E-state index in [4.69, 9.17) is 0 Å². The van der Waals surface area contributed by atoms with Crippen molar-refractivity contribution in [1.82, 2.24) is 5.32 Å². The molecule has 2 atom stereocenters. The molecule has 0 bridgehead atoms. The molecule has 2 rings (SSSR count). The summed E-state index contributed by atoms with van der Waals surface area (Å²) in [5, 5.41) is 3.43. The number of benzene rings is 1. The smallest absolute Gasteiger partial charge is 0.0413 e. The minimum absolute atomic E-state index is 0.589. The molecule has 2 heteroatoms. The first-order valence-electron chi connectivity index (χ1n) is 13.9. The molecule has 1 aliphatic rings. The second-order valence-electron chi connectivity index (χ2n) is 10.4. The molecular weight excluding hydrogens is 453 g/mol. The maximum Gasteiger partial charge on any atom is 0.0413 e. The van der Waals surface area contributed by atoms with Crippen molar-refractivity contribution in [2.24, 2.45) is 5.92 Å². The third kappa shape index (κ3) is 7.45. The third-order valence-corrected chi connectivity index (χ3v) is 8.52. The van der Waals surface area contributed by atoms with Gasteiger partial charge in [-0.05, 0) is 117 Å². The molecule has 36 heavy (non-hydrogen) atoms. The first-order chi connectivity index (χ1) is 17.2. The Labute approximate surface area is 224 Å². The van der Waals surface area contributed by atoms with Crippen molar-refractivity contribution in [3.8, 4) is 0 Å². The Hall–Kier alpha value is -2.11. The molecule has 2 unspecified atom stereocenters. The number of likely N-dealkylation sites (N-methyl/N-ethyl adjacent to an activating group) is 1. The van der Waals surface area contributed by atoms with Gasteiger partial charge in [0.2, 0.25) is 0 Å². The predicted molar refractivity (Wildman–Crippen MR) is 166 cm³/mol. The van der Waals surface area contributed by atoms with Crippen LogP contribution in [0, 0.1) is 5.92 Å². The SMILES string of the molecule is C=C(/C(C)=C\C(C)=C(/C)c1cccc2c1CCC2P)C(=C\C)/C(=C/C=C(\C)C(CCC)CCC)NC. The van der Waals surface area contributed by atoms with Crippen LogP contribution in [0.3, 0.4) is 0 Å². The summed E-state index contributed by atoms with van der Waals surface area (Å²) in [4.78, 5) is 0. The van der Waals surface area contributed by atoms with Crippen molar-refractivity contribution in [2.75, 3.05) is 7.05 Å². The summed E-state index contributed by atoms with van der Waals surface area (Å²) in [7, 11) is 5.02. The number of nitrogens with one attached hydrogen (secondary N) is 1. The predicted octanol–water partition coefficient (Wildman–Crippen LogP) is 10.1. The zero-order valence-electron chi connectivity index (χ0n) is 24.2. The molecule has 0 heterocycles. The summed E-state index contributed by atoms with van der Waals surface area (Å²) in [6.45, 7) is 20.1. The van der Waals surface area contributed by atoms with Gasteiger partial charge in [-0.25, -0.2) is 0 Å². The van der Waals surface area contributed by atoms with Gasteiger partial charge in [-0.1, -0.05) is 75.3 Å². The minimum atomic E-state index is 0.589. The van der Waals surface area contributed by atoms with E-state index in [2.05, 4.69) is 112 Å². The molecule has 0 fully saturated rings. The van der Waals surface area contributed by atoms with Crippen molar-refractivity contribution < 1.29 is 0 Å². The molecule has 1 aromatic rings. The standard InChI is InChI=1S/C34H50NP/c1-10-14-28(15-11-2)23(4)18-20-33(35-9)29(12-3)26(7)24(5)22-25(6)27(8)30-16-13-17-32-31(30)19-21-34(32)36/h12-13,16-18,20,22,28,34-35H,7,10-11,14-15,19,21,36H2,1-6,8-9H3/b23-18+,24-22-,27-25+,29-12+,33-20-. The Balaban J connectivity index is 2.33. The number of hydrogen-bond donors (Lipinski definition) is 1. The quantitative estimate of drug-likeness (QED) is 0.221. The molecule has 196 valence electrons. The maximum absolute atomic E-state index is 4.51. The van der Waals surface area contributed by atoms with Gasteiger partial charge >= 0.3 is 0 Å². The van der Waals surface area contributed by atoms with Crippen LogP contribution in [0.2, 0.25) is 0 Å². The maximum atomic E-state index is 4.51. The first-order valence-corrected chi connectivity index (χ1v) is 14.5. The van der Waals surface area contributed by atoms with Gasteiger partial charge in [0.05, 0.1) is 0 Å². The van der Waals surface area contributed by atoms with Gasteiger partial charge in [0, 0.05) is 18.3 Å². The van der Waals surface area contributed by atoms with Crippen LogP contribution < -0.4 is 5.32 Å². The van der Waals surface area contributed by atoms with Crippen LogP contribution in [0.15, 0.2) is 82.6 Å². The van der Waals surface area contributed by atoms with Crippen LogP contribution in [0.4, 0.5) is 0 Å². The largest absolute Gasteiger partial charge is 0.388 e. The molecule has 0 spiro atoms. The summed E-state index contributed by atoms with van der Waals surface area (Å²) in [5.74, 6) is 0.671. The lowest BCUT2D eigenvalue weighted by Gasteiger charge is -2.18. The van der Waals surface area contributed by atoms with E-state index in [1.54, 1.807) is 0 Å². The lowest BCUT2D eigenvalue weighted by atomic mass is 9.90. The van der Waals surface area contributed by atoms with Gasteiger partial charge in [-0.3, -0.25) is 0 Å². The highest BCUT2D eigenvalue weighted by Gasteiger charge is 2.21. The zero-order valence-corrected chi connectivity index (χ0v) is 25.4. The van der Waals surface area contributed by atoms with Crippen LogP contribution in [0.1, 0.15) is 103 Å². The third-order valence-electron chi connectivity index (χ3n) is 7.83. The summed E-state index contributed by atoms with van der Waals surface area (Å²) in [6, 6.07) is 6.80. The topological polar surface area (TPSA) is 12.0 Å². The Morgan fingerprint density at radius 3 is 2.36 bits per heavy atom. The molecule has 0 saturated carbocycles. The summed E-state index contributed by atoms with van der Waals surface area (Å²) in [6.07, 6.45) is 16.4. The van der Waals surface area contributed by atoms with Crippen molar-refractivity contribution in [1.29, 1.82) is 0 Å². The number of hydrogen-bond acceptors (Lipinski definition) is 1. The molecular formula is C34H50NP. The first kappa shape index (κ1) is 30.1. The zero-order chi connectivity index (χ0) is 26.8. The lowest BCUT2D eigenvalue weighted by Crippen LogP contribution is -2.10. The number of allylic oxidation sites excluding steroid dienone is 9. The van der Waals surface area contributed by atoms with E-state index in [-0.39, 0.29) is 0 Å². The second-order valence-corrected chi connectivity index (χ2v) is 11.2. The van der Waals surface area contributed by atoms with Gasteiger partial charge in [-0.2, -0.15) is 0 Å².